The molecule has 0 aromatic heterocycles. The Labute approximate surface area is 223 Å². The standard InChI is InChI=1S/C32H45FN2O2/c1-32(2,3)37-31(36)34(4)29-21-27(30(22-29)26-11-6-5-7-12-26)23-35-19-17-25(18-20-35)10-8-9-24-13-15-28(33)16-14-24/h5-7,11-16,25,27,29-30H,8-10,17-23H2,1-4H3/t27-,29+,30-/m1/s1. The molecule has 1 aliphatic heterocycles. The van der Waals surface area contributed by atoms with Gasteiger partial charge in [0.1, 0.15) is 11.4 Å². The van der Waals surface area contributed by atoms with Gasteiger partial charge in [-0.15, -0.1) is 0 Å². The van der Waals surface area contributed by atoms with E-state index in [9.17, 15) is 9.18 Å². The van der Waals surface area contributed by atoms with Crippen LogP contribution in [-0.4, -0.2) is 54.2 Å². The summed E-state index contributed by atoms with van der Waals surface area (Å²) >= 11 is 0. The normalized spacial score (nSPS) is 23.2. The van der Waals surface area contributed by atoms with E-state index in [1.807, 2.05) is 44.9 Å². The Morgan fingerprint density at radius 2 is 1.70 bits per heavy atom. The van der Waals surface area contributed by atoms with Crippen LogP contribution >= 0.6 is 0 Å². The van der Waals surface area contributed by atoms with Crippen LogP contribution in [0.25, 0.3) is 0 Å². The average molecular weight is 509 g/mol. The molecule has 37 heavy (non-hydrogen) atoms. The third kappa shape index (κ3) is 8.04. The molecule has 0 radical (unpaired) electrons. The highest BCUT2D eigenvalue weighted by Crippen LogP contribution is 2.42. The molecule has 4 rings (SSSR count). The van der Waals surface area contributed by atoms with Crippen LogP contribution in [0.4, 0.5) is 9.18 Å². The molecule has 0 unspecified atom stereocenters. The van der Waals surface area contributed by atoms with E-state index in [-0.39, 0.29) is 18.0 Å². The molecule has 0 N–H and O–H groups in total. The summed E-state index contributed by atoms with van der Waals surface area (Å²) in [5.74, 6) is 1.63. The van der Waals surface area contributed by atoms with Crippen LogP contribution in [0, 0.1) is 17.7 Å². The molecule has 1 amide bonds. The quantitative estimate of drug-likeness (QED) is 0.375. The number of aryl methyl sites for hydroxylation is 1. The van der Waals surface area contributed by atoms with E-state index in [2.05, 4.69) is 35.2 Å². The minimum absolute atomic E-state index is 0.157. The number of carbonyl (C=O) groups is 1. The fraction of sp³-hybridized carbons (Fsp3) is 0.594. The SMILES string of the molecule is CN(C(=O)OC(C)(C)C)[C@H]1C[C@H](CN2CCC(CCCc3ccc(F)cc3)CC2)[C@@H](c2ccccc2)C1. The van der Waals surface area contributed by atoms with Gasteiger partial charge in [-0.05, 0) is 113 Å². The Hall–Kier alpha value is -2.40. The summed E-state index contributed by atoms with van der Waals surface area (Å²) in [4.78, 5) is 17.3. The van der Waals surface area contributed by atoms with Crippen molar-refractivity contribution >= 4 is 6.09 Å². The molecule has 2 aromatic rings. The van der Waals surface area contributed by atoms with Crippen LogP contribution < -0.4 is 0 Å². The number of likely N-dealkylation sites (tertiary alicyclic amines) is 1. The molecule has 1 heterocycles. The maximum atomic E-state index is 13.1. The highest BCUT2D eigenvalue weighted by Gasteiger charge is 2.40. The number of carbonyl (C=O) groups excluding carboxylic acids is 1. The van der Waals surface area contributed by atoms with Gasteiger partial charge < -0.3 is 14.5 Å². The lowest BCUT2D eigenvalue weighted by Crippen LogP contribution is -2.40. The number of ether oxygens (including phenoxy) is 1. The Bertz CT molecular complexity index is 980. The van der Waals surface area contributed by atoms with Crippen molar-refractivity contribution in [3.05, 3.63) is 71.5 Å². The van der Waals surface area contributed by atoms with Gasteiger partial charge in [0.15, 0.2) is 0 Å². The van der Waals surface area contributed by atoms with E-state index in [0.717, 1.165) is 44.8 Å². The molecular formula is C32H45FN2O2. The predicted molar refractivity (Wildman–Crippen MR) is 148 cm³/mol. The van der Waals surface area contributed by atoms with Gasteiger partial charge in [-0.3, -0.25) is 0 Å². The predicted octanol–water partition coefficient (Wildman–Crippen LogP) is 7.29. The highest BCUT2D eigenvalue weighted by atomic mass is 19.1. The van der Waals surface area contributed by atoms with Crippen molar-refractivity contribution < 1.29 is 13.9 Å². The molecule has 5 heteroatoms. The number of hydrogen-bond acceptors (Lipinski definition) is 3. The van der Waals surface area contributed by atoms with Crippen LogP contribution in [0.1, 0.15) is 76.3 Å². The molecule has 0 bridgehead atoms. The van der Waals surface area contributed by atoms with Gasteiger partial charge >= 0.3 is 6.09 Å². The van der Waals surface area contributed by atoms with Crippen molar-refractivity contribution in [3.8, 4) is 0 Å². The fourth-order valence-electron chi connectivity index (χ4n) is 6.24. The molecule has 202 valence electrons. The summed E-state index contributed by atoms with van der Waals surface area (Å²) < 4.78 is 18.8. The Morgan fingerprint density at radius 1 is 1.03 bits per heavy atom. The first kappa shape index (κ1) is 27.6. The summed E-state index contributed by atoms with van der Waals surface area (Å²) in [6.45, 7) is 9.19. The molecule has 4 nitrogen and oxygen atoms in total. The minimum Gasteiger partial charge on any atom is -0.444 e. The lowest BCUT2D eigenvalue weighted by Gasteiger charge is -2.35. The summed E-state index contributed by atoms with van der Waals surface area (Å²) in [5, 5.41) is 0. The number of hydrogen-bond donors (Lipinski definition) is 0. The molecule has 3 atom stereocenters. The van der Waals surface area contributed by atoms with Gasteiger partial charge in [-0.2, -0.15) is 0 Å². The van der Waals surface area contributed by atoms with E-state index in [0.29, 0.717) is 11.8 Å². The van der Waals surface area contributed by atoms with Gasteiger partial charge in [0.2, 0.25) is 0 Å². The smallest absolute Gasteiger partial charge is 0.410 e. The molecular weight excluding hydrogens is 463 g/mol. The van der Waals surface area contributed by atoms with Gasteiger partial charge in [0, 0.05) is 19.6 Å². The fourth-order valence-corrected chi connectivity index (χ4v) is 6.24. The largest absolute Gasteiger partial charge is 0.444 e. The second-order valence-corrected chi connectivity index (χ2v) is 12.3. The van der Waals surface area contributed by atoms with E-state index >= 15 is 0 Å². The summed E-state index contributed by atoms with van der Waals surface area (Å²) in [7, 11) is 1.90. The third-order valence-corrected chi connectivity index (χ3v) is 8.32. The molecule has 1 saturated heterocycles. The molecule has 1 saturated carbocycles. The second-order valence-electron chi connectivity index (χ2n) is 12.3. The second kappa shape index (κ2) is 12.4. The summed E-state index contributed by atoms with van der Waals surface area (Å²) in [5.41, 5.74) is 2.15. The maximum Gasteiger partial charge on any atom is 0.410 e. The lowest BCUT2D eigenvalue weighted by atomic mass is 9.87. The van der Waals surface area contributed by atoms with E-state index in [4.69, 9.17) is 4.74 Å². The third-order valence-electron chi connectivity index (χ3n) is 8.32. The lowest BCUT2D eigenvalue weighted by molar-refractivity contribution is 0.0221. The molecule has 2 aliphatic rings. The zero-order valence-corrected chi connectivity index (χ0v) is 23.2. The number of benzene rings is 2. The average Bonchev–Trinajstić information content (AvgIpc) is 3.29. The Kier molecular flexibility index (Phi) is 9.28. The van der Waals surface area contributed by atoms with Crippen LogP contribution in [0.15, 0.2) is 54.6 Å². The van der Waals surface area contributed by atoms with Crippen molar-refractivity contribution in [3.63, 3.8) is 0 Å². The number of halogens is 1. The molecule has 2 aromatic carbocycles. The first-order valence-electron chi connectivity index (χ1n) is 14.2. The highest BCUT2D eigenvalue weighted by molar-refractivity contribution is 5.68. The Balaban J connectivity index is 1.29. The van der Waals surface area contributed by atoms with Crippen molar-refractivity contribution in [2.45, 2.75) is 83.3 Å². The van der Waals surface area contributed by atoms with Crippen molar-refractivity contribution in [2.75, 3.05) is 26.7 Å². The Morgan fingerprint density at radius 3 is 2.35 bits per heavy atom. The van der Waals surface area contributed by atoms with Gasteiger partial charge in [-0.1, -0.05) is 48.9 Å². The monoisotopic (exact) mass is 508 g/mol. The first-order chi connectivity index (χ1) is 17.7. The van der Waals surface area contributed by atoms with Crippen LogP contribution in [-0.2, 0) is 11.2 Å². The summed E-state index contributed by atoms with van der Waals surface area (Å²) in [6, 6.07) is 18.0. The molecule has 0 spiro atoms. The van der Waals surface area contributed by atoms with E-state index < -0.39 is 5.60 Å². The number of rotatable bonds is 8. The van der Waals surface area contributed by atoms with E-state index in [1.165, 1.54) is 36.8 Å². The van der Waals surface area contributed by atoms with Crippen molar-refractivity contribution in [1.82, 2.24) is 9.80 Å². The molecule has 1 aliphatic carbocycles. The number of amides is 1. The van der Waals surface area contributed by atoms with Gasteiger partial charge in [-0.25, -0.2) is 9.18 Å². The summed E-state index contributed by atoms with van der Waals surface area (Å²) in [6.07, 6.45) is 7.77. The maximum absolute atomic E-state index is 13.1. The van der Waals surface area contributed by atoms with Crippen LogP contribution in [0.3, 0.4) is 0 Å². The zero-order valence-electron chi connectivity index (χ0n) is 23.2. The zero-order chi connectivity index (χ0) is 26.4. The van der Waals surface area contributed by atoms with Crippen molar-refractivity contribution in [2.24, 2.45) is 11.8 Å². The number of nitrogens with zero attached hydrogens (tertiary/aromatic N) is 2. The number of piperidine rings is 1. The van der Waals surface area contributed by atoms with Crippen molar-refractivity contribution in [1.29, 1.82) is 0 Å². The van der Waals surface area contributed by atoms with Crippen LogP contribution in [0.2, 0.25) is 0 Å². The topological polar surface area (TPSA) is 32.8 Å². The van der Waals surface area contributed by atoms with Crippen LogP contribution in [0.5, 0.6) is 0 Å². The minimum atomic E-state index is -0.481. The van der Waals surface area contributed by atoms with Gasteiger partial charge in [0.05, 0.1) is 0 Å². The van der Waals surface area contributed by atoms with Gasteiger partial charge in [0.25, 0.3) is 0 Å². The first-order valence-corrected chi connectivity index (χ1v) is 14.2. The molecule has 2 fully saturated rings. The van der Waals surface area contributed by atoms with E-state index in [1.54, 1.807) is 12.1 Å².